The van der Waals surface area contributed by atoms with Crippen molar-refractivity contribution in [2.75, 3.05) is 22.8 Å². The first-order valence-corrected chi connectivity index (χ1v) is 19.2. The summed E-state index contributed by atoms with van der Waals surface area (Å²) in [6.45, 7) is 17.9. The zero-order valence-electron chi connectivity index (χ0n) is 30.9. The van der Waals surface area contributed by atoms with E-state index in [0.717, 1.165) is 47.3 Å². The van der Waals surface area contributed by atoms with Crippen LogP contribution in [-0.2, 0) is 16.6 Å². The maximum atomic E-state index is 14.7. The van der Waals surface area contributed by atoms with Crippen molar-refractivity contribution in [1.82, 2.24) is 24.8 Å². The van der Waals surface area contributed by atoms with Crippen LogP contribution in [0.5, 0.6) is 5.88 Å². The van der Waals surface area contributed by atoms with Gasteiger partial charge in [0.25, 0.3) is 15.9 Å². The highest BCUT2D eigenvalue weighted by molar-refractivity contribution is 7.92. The van der Waals surface area contributed by atoms with Gasteiger partial charge >= 0.3 is 0 Å². The minimum Gasteiger partial charge on any atom is -0.475 e. The maximum absolute atomic E-state index is 14.7. The van der Waals surface area contributed by atoms with Crippen molar-refractivity contribution in [3.63, 3.8) is 0 Å². The predicted molar refractivity (Wildman–Crippen MR) is 199 cm³/mol. The molecule has 0 saturated carbocycles. The van der Waals surface area contributed by atoms with Gasteiger partial charge in [-0.15, -0.1) is 0 Å². The molecule has 1 N–H and O–H groups in total. The fourth-order valence-corrected chi connectivity index (χ4v) is 8.20. The van der Waals surface area contributed by atoms with Gasteiger partial charge < -0.3 is 14.5 Å². The molecule has 11 nitrogen and oxygen atoms in total. The highest BCUT2D eigenvalue weighted by Crippen LogP contribution is 2.33. The highest BCUT2D eigenvalue weighted by atomic mass is 32.2. The fourth-order valence-electron chi connectivity index (χ4n) is 7.21. The van der Waals surface area contributed by atoms with Crippen molar-refractivity contribution >= 4 is 27.8 Å². The second kappa shape index (κ2) is 14.2. The van der Waals surface area contributed by atoms with Crippen LogP contribution in [-0.4, -0.2) is 64.4 Å². The molecule has 4 bridgehead atoms. The van der Waals surface area contributed by atoms with Gasteiger partial charge in [0.1, 0.15) is 6.61 Å². The Kier molecular flexibility index (Phi) is 10.1. The second-order valence-corrected chi connectivity index (χ2v) is 17.1. The molecule has 2 aromatic heterocycles. The van der Waals surface area contributed by atoms with E-state index in [4.69, 9.17) is 14.7 Å². The number of anilines is 2. The van der Waals surface area contributed by atoms with Crippen molar-refractivity contribution in [3.05, 3.63) is 82.7 Å². The molecule has 2 aliphatic heterocycles. The third-order valence-corrected chi connectivity index (χ3v) is 11.1. The van der Waals surface area contributed by atoms with Gasteiger partial charge in [0.2, 0.25) is 17.8 Å². The molecule has 2 aliphatic rings. The molecule has 2 unspecified atom stereocenters. The van der Waals surface area contributed by atoms with Crippen LogP contribution >= 0.6 is 0 Å². The summed E-state index contributed by atoms with van der Waals surface area (Å²) in [5.74, 6) is 0.882. The number of nitrogens with zero attached hydrogens (tertiary/aromatic N) is 6. The fraction of sp³-hybridized carbons (Fsp3) is 0.462. The molecule has 0 radical (unpaired) electrons. The lowest BCUT2D eigenvalue weighted by atomic mass is 9.87. The zero-order valence-corrected chi connectivity index (χ0v) is 31.7. The third kappa shape index (κ3) is 8.01. The summed E-state index contributed by atoms with van der Waals surface area (Å²) < 4.78 is 36.6. The summed E-state index contributed by atoms with van der Waals surface area (Å²) in [6.07, 6.45) is 4.60. The molecule has 0 spiro atoms. The van der Waals surface area contributed by atoms with Crippen LogP contribution in [0.1, 0.15) is 86.6 Å². The number of sulfonamides is 1. The number of aryl methyl sites for hydroxylation is 3. The van der Waals surface area contributed by atoms with Crippen molar-refractivity contribution in [2.24, 2.45) is 11.3 Å². The van der Waals surface area contributed by atoms with Gasteiger partial charge in [0.05, 0.1) is 28.9 Å². The Balaban J connectivity index is 1.48. The lowest BCUT2D eigenvalue weighted by Crippen LogP contribution is -2.45. The van der Waals surface area contributed by atoms with Gasteiger partial charge in [-0.05, 0) is 86.3 Å². The Morgan fingerprint density at radius 1 is 0.980 bits per heavy atom. The predicted octanol–water partition coefficient (Wildman–Crippen LogP) is 7.12. The van der Waals surface area contributed by atoms with Gasteiger partial charge in [0, 0.05) is 36.0 Å². The van der Waals surface area contributed by atoms with E-state index < -0.39 is 16.1 Å². The SMILES string of the molecule is Cc1cnc(N2CCCC2C(C)C)nc1CN1C(=O)c2cccc(c2)S(=O)(=O)Nc2nc(cc(-c3c(C)cccc3C)n2)OCC1CC(C)(C)C. The number of ether oxygens (including phenoxy) is 1. The summed E-state index contributed by atoms with van der Waals surface area (Å²) in [7, 11) is -4.18. The summed E-state index contributed by atoms with van der Waals surface area (Å²) >= 11 is 0. The zero-order chi connectivity index (χ0) is 36.7. The van der Waals surface area contributed by atoms with Gasteiger partial charge in [-0.25, -0.2) is 28.1 Å². The van der Waals surface area contributed by atoms with Gasteiger partial charge in [-0.1, -0.05) is 58.9 Å². The number of fused-ring (bicyclic) bond motifs is 4. The highest BCUT2D eigenvalue weighted by Gasteiger charge is 2.33. The standard InChI is InChI=1S/C39H49N7O4S/c1-24(2)33-16-11-17-45(33)38-40-21-27(5)32(42-38)22-46-29(20-39(6,7)8)23-50-34-19-31(35-25(3)12-9-13-26(35)4)41-37(43-34)44-51(48,49)30-15-10-14-28(18-30)36(46)47/h9-10,12-15,18-19,21,24,29,33H,11,16-17,20,22-23H2,1-8H3,(H,41,43,44). The molecule has 4 heterocycles. The molecule has 51 heavy (non-hydrogen) atoms. The molecule has 270 valence electrons. The second-order valence-electron chi connectivity index (χ2n) is 15.4. The molecule has 2 aromatic carbocycles. The lowest BCUT2D eigenvalue weighted by molar-refractivity contribution is 0.0508. The van der Waals surface area contributed by atoms with Crippen LogP contribution in [0.15, 0.2) is 59.6 Å². The van der Waals surface area contributed by atoms with E-state index in [9.17, 15) is 13.2 Å². The molecule has 6 rings (SSSR count). The Labute approximate surface area is 302 Å². The molecule has 1 saturated heterocycles. The normalized spacial score (nSPS) is 19.2. The Morgan fingerprint density at radius 3 is 2.41 bits per heavy atom. The number of nitrogens with one attached hydrogen (secondary N) is 1. The van der Waals surface area contributed by atoms with E-state index >= 15 is 0 Å². The molecular weight excluding hydrogens is 663 g/mol. The number of carbonyl (C=O) groups excluding carboxylic acids is 1. The van der Waals surface area contributed by atoms with Crippen LogP contribution in [0.2, 0.25) is 0 Å². The van der Waals surface area contributed by atoms with Crippen LogP contribution in [0.3, 0.4) is 0 Å². The molecule has 12 heteroatoms. The minimum atomic E-state index is -4.18. The molecule has 4 aromatic rings. The number of amides is 1. The van der Waals surface area contributed by atoms with Crippen molar-refractivity contribution in [2.45, 2.75) is 98.2 Å². The topological polar surface area (TPSA) is 131 Å². The number of aromatic nitrogens is 4. The smallest absolute Gasteiger partial charge is 0.264 e. The quantitative estimate of drug-likeness (QED) is 0.222. The van der Waals surface area contributed by atoms with Crippen LogP contribution in [0.4, 0.5) is 11.9 Å². The monoisotopic (exact) mass is 711 g/mol. The molecule has 1 fully saturated rings. The Hall–Kier alpha value is -4.58. The van der Waals surface area contributed by atoms with Gasteiger partial charge in [0.15, 0.2) is 0 Å². The number of benzene rings is 2. The molecule has 0 aliphatic carbocycles. The molecular formula is C39H49N7O4S. The van der Waals surface area contributed by atoms with Gasteiger partial charge in [-0.3, -0.25) is 4.79 Å². The molecule has 2 atom stereocenters. The summed E-state index contributed by atoms with van der Waals surface area (Å²) in [4.78, 5) is 37.6. The van der Waals surface area contributed by atoms with E-state index in [2.05, 4.69) is 54.2 Å². The maximum Gasteiger partial charge on any atom is 0.264 e. The third-order valence-electron chi connectivity index (χ3n) is 9.74. The van der Waals surface area contributed by atoms with Crippen LogP contribution in [0.25, 0.3) is 11.3 Å². The van der Waals surface area contributed by atoms with Gasteiger partial charge in [-0.2, -0.15) is 4.98 Å². The van der Waals surface area contributed by atoms with Crippen molar-refractivity contribution in [3.8, 4) is 17.1 Å². The van der Waals surface area contributed by atoms with Crippen LogP contribution in [0, 0.1) is 32.1 Å². The van der Waals surface area contributed by atoms with E-state index in [1.807, 2.05) is 45.2 Å². The largest absolute Gasteiger partial charge is 0.475 e. The van der Waals surface area contributed by atoms with E-state index in [1.165, 1.54) is 12.1 Å². The first-order chi connectivity index (χ1) is 24.1. The summed E-state index contributed by atoms with van der Waals surface area (Å²) in [5.41, 5.74) is 5.01. The Bertz CT molecular complexity index is 2020. The number of hydrogen-bond acceptors (Lipinski definition) is 9. The summed E-state index contributed by atoms with van der Waals surface area (Å²) in [5, 5.41) is 0. The Morgan fingerprint density at radius 2 is 1.71 bits per heavy atom. The van der Waals surface area contributed by atoms with Crippen LogP contribution < -0.4 is 14.4 Å². The first-order valence-electron chi connectivity index (χ1n) is 17.7. The number of rotatable bonds is 6. The van der Waals surface area contributed by atoms with E-state index in [0.29, 0.717) is 30.0 Å². The number of hydrogen-bond donors (Lipinski definition) is 1. The van der Waals surface area contributed by atoms with Crippen molar-refractivity contribution in [1.29, 1.82) is 0 Å². The van der Waals surface area contributed by atoms with E-state index in [-0.39, 0.29) is 46.8 Å². The summed E-state index contributed by atoms with van der Waals surface area (Å²) in [6, 6.07) is 13.7. The molecule has 1 amide bonds. The average Bonchev–Trinajstić information content (AvgIpc) is 3.56. The van der Waals surface area contributed by atoms with Crippen molar-refractivity contribution < 1.29 is 17.9 Å². The first kappa shape index (κ1) is 36.2. The minimum absolute atomic E-state index is 0.0716. The average molecular weight is 712 g/mol. The lowest BCUT2D eigenvalue weighted by Gasteiger charge is -2.36. The van der Waals surface area contributed by atoms with E-state index in [1.54, 1.807) is 23.1 Å². The number of carbonyl (C=O) groups is 1.